The van der Waals surface area contributed by atoms with Gasteiger partial charge in [-0.05, 0) is 25.0 Å². The first kappa shape index (κ1) is 13.4. The van der Waals surface area contributed by atoms with Gasteiger partial charge >= 0.3 is 6.03 Å². The largest absolute Gasteiger partial charge is 0.323 e. The number of nitrogens with one attached hydrogen (secondary N) is 3. The summed E-state index contributed by atoms with van der Waals surface area (Å²) < 4.78 is 0. The Labute approximate surface area is 115 Å². The minimum atomic E-state index is -0.346. The number of aromatic nitrogens is 3. The van der Waals surface area contributed by atoms with Crippen LogP contribution in [-0.4, -0.2) is 21.2 Å². The van der Waals surface area contributed by atoms with E-state index >= 15 is 0 Å². The van der Waals surface area contributed by atoms with Gasteiger partial charge in [0, 0.05) is 11.9 Å². The molecular formula is C12H14ClN5O. The minimum absolute atomic E-state index is 0.332. The van der Waals surface area contributed by atoms with E-state index in [1.54, 1.807) is 18.5 Å². The fraction of sp³-hybridized carbons (Fsp3) is 0.250. The number of urea groups is 1. The van der Waals surface area contributed by atoms with Gasteiger partial charge in [-0.15, -0.1) is 0 Å². The molecular weight excluding hydrogens is 266 g/mol. The number of rotatable bonds is 3. The van der Waals surface area contributed by atoms with Gasteiger partial charge in [0.1, 0.15) is 5.15 Å². The summed E-state index contributed by atoms with van der Waals surface area (Å²) in [5.74, 6) is 0. The van der Waals surface area contributed by atoms with Crippen LogP contribution in [0.5, 0.6) is 0 Å². The second kappa shape index (κ2) is 5.71. The van der Waals surface area contributed by atoms with Gasteiger partial charge in [0.15, 0.2) is 0 Å². The molecule has 0 bridgehead atoms. The summed E-state index contributed by atoms with van der Waals surface area (Å²) in [4.78, 5) is 15.8. The van der Waals surface area contributed by atoms with Crippen LogP contribution in [0.25, 0.3) is 0 Å². The van der Waals surface area contributed by atoms with Crippen molar-refractivity contribution in [3.63, 3.8) is 0 Å². The molecule has 2 rings (SSSR count). The number of pyridine rings is 1. The number of carbonyl (C=O) groups excluding carboxylic acids is 1. The summed E-state index contributed by atoms with van der Waals surface area (Å²) in [5, 5.41) is 12.5. The Morgan fingerprint density at radius 3 is 2.84 bits per heavy atom. The van der Waals surface area contributed by atoms with Gasteiger partial charge in [-0.1, -0.05) is 18.5 Å². The number of aryl methyl sites for hydroxylation is 2. The van der Waals surface area contributed by atoms with Crippen molar-refractivity contribution < 1.29 is 4.79 Å². The van der Waals surface area contributed by atoms with Crippen LogP contribution in [0.3, 0.4) is 0 Å². The third-order valence-corrected chi connectivity index (χ3v) is 2.84. The number of aromatic amines is 1. The highest BCUT2D eigenvalue weighted by molar-refractivity contribution is 6.29. The number of halogens is 1. The SMILES string of the molecule is CCc1[nH]ncc1NC(=O)Nc1cc(Cl)ncc1C. The first-order valence-electron chi connectivity index (χ1n) is 5.82. The quantitative estimate of drug-likeness (QED) is 0.755. The Balaban J connectivity index is 2.07. The first-order valence-corrected chi connectivity index (χ1v) is 6.20. The fourth-order valence-corrected chi connectivity index (χ4v) is 1.76. The summed E-state index contributed by atoms with van der Waals surface area (Å²) in [6, 6.07) is 1.26. The first-order chi connectivity index (χ1) is 9.10. The van der Waals surface area contributed by atoms with Crippen molar-refractivity contribution in [2.75, 3.05) is 10.6 Å². The highest BCUT2D eigenvalue weighted by Crippen LogP contribution is 2.18. The lowest BCUT2D eigenvalue weighted by molar-refractivity contribution is 0.262. The molecule has 19 heavy (non-hydrogen) atoms. The molecule has 2 amide bonds. The van der Waals surface area contributed by atoms with Crippen molar-refractivity contribution in [2.45, 2.75) is 20.3 Å². The van der Waals surface area contributed by atoms with Gasteiger partial charge in [0.25, 0.3) is 0 Å². The maximum absolute atomic E-state index is 11.9. The maximum Gasteiger partial charge on any atom is 0.323 e. The van der Waals surface area contributed by atoms with Crippen molar-refractivity contribution in [2.24, 2.45) is 0 Å². The number of H-pyrrole nitrogens is 1. The molecule has 7 heteroatoms. The molecule has 3 N–H and O–H groups in total. The Bertz CT molecular complexity index is 596. The van der Waals surface area contributed by atoms with Crippen LogP contribution >= 0.6 is 11.6 Å². The average molecular weight is 280 g/mol. The number of hydrogen-bond acceptors (Lipinski definition) is 3. The molecule has 0 saturated heterocycles. The van der Waals surface area contributed by atoms with E-state index < -0.39 is 0 Å². The van der Waals surface area contributed by atoms with Crippen LogP contribution in [0.2, 0.25) is 5.15 Å². The minimum Gasteiger partial charge on any atom is -0.307 e. The Morgan fingerprint density at radius 2 is 2.11 bits per heavy atom. The van der Waals surface area contributed by atoms with Crippen LogP contribution in [0, 0.1) is 6.92 Å². The number of anilines is 2. The van der Waals surface area contributed by atoms with E-state index in [-0.39, 0.29) is 6.03 Å². The van der Waals surface area contributed by atoms with Gasteiger partial charge in [-0.2, -0.15) is 5.10 Å². The van der Waals surface area contributed by atoms with Gasteiger partial charge < -0.3 is 10.6 Å². The fourth-order valence-electron chi connectivity index (χ4n) is 1.60. The Kier molecular flexibility index (Phi) is 4.01. The van der Waals surface area contributed by atoms with E-state index in [4.69, 9.17) is 11.6 Å². The van der Waals surface area contributed by atoms with Crippen molar-refractivity contribution in [3.05, 3.63) is 34.9 Å². The molecule has 0 spiro atoms. The molecule has 0 aliphatic rings. The Morgan fingerprint density at radius 1 is 1.37 bits per heavy atom. The second-order valence-electron chi connectivity index (χ2n) is 4.02. The molecule has 6 nitrogen and oxygen atoms in total. The molecule has 0 aliphatic heterocycles. The number of amides is 2. The van der Waals surface area contributed by atoms with Crippen molar-refractivity contribution in [1.29, 1.82) is 0 Å². The molecule has 100 valence electrons. The van der Waals surface area contributed by atoms with Crippen LogP contribution in [-0.2, 0) is 6.42 Å². The number of hydrogen-bond donors (Lipinski definition) is 3. The van der Waals surface area contributed by atoms with E-state index in [1.807, 2.05) is 13.8 Å². The summed E-state index contributed by atoms with van der Waals surface area (Å²) in [6.07, 6.45) is 3.94. The molecule has 0 radical (unpaired) electrons. The van der Waals surface area contributed by atoms with Crippen molar-refractivity contribution in [3.8, 4) is 0 Å². The standard InChI is InChI=1S/C12H14ClN5O/c1-3-8-10(6-15-18-8)17-12(19)16-9-4-11(13)14-5-7(9)2/h4-6H,3H2,1-2H3,(H,15,18)(H2,14,16,17,19). The summed E-state index contributed by atoms with van der Waals surface area (Å²) >= 11 is 5.79. The maximum atomic E-state index is 11.9. The monoisotopic (exact) mass is 279 g/mol. The van der Waals surface area contributed by atoms with Crippen molar-refractivity contribution >= 4 is 29.0 Å². The third kappa shape index (κ3) is 3.23. The van der Waals surface area contributed by atoms with Gasteiger partial charge in [-0.3, -0.25) is 5.10 Å². The van der Waals surface area contributed by atoms with E-state index in [1.165, 1.54) is 0 Å². The molecule has 2 heterocycles. The average Bonchev–Trinajstić information content (AvgIpc) is 2.81. The van der Waals surface area contributed by atoms with Crippen molar-refractivity contribution in [1.82, 2.24) is 15.2 Å². The topological polar surface area (TPSA) is 82.7 Å². The van der Waals surface area contributed by atoms with Gasteiger partial charge in [0.2, 0.25) is 0 Å². The molecule has 0 atom stereocenters. The predicted octanol–water partition coefficient (Wildman–Crippen LogP) is 2.97. The van der Waals surface area contributed by atoms with E-state index in [0.717, 1.165) is 17.7 Å². The lowest BCUT2D eigenvalue weighted by Crippen LogP contribution is -2.20. The summed E-state index contributed by atoms with van der Waals surface area (Å²) in [7, 11) is 0. The molecule has 2 aromatic heterocycles. The smallest absolute Gasteiger partial charge is 0.307 e. The lowest BCUT2D eigenvalue weighted by atomic mass is 10.2. The summed E-state index contributed by atoms with van der Waals surface area (Å²) in [5.41, 5.74) is 3.00. The normalized spacial score (nSPS) is 10.3. The van der Waals surface area contributed by atoms with Crippen LogP contribution in [0.1, 0.15) is 18.2 Å². The molecule has 0 aliphatic carbocycles. The third-order valence-electron chi connectivity index (χ3n) is 2.64. The zero-order valence-electron chi connectivity index (χ0n) is 10.6. The van der Waals surface area contributed by atoms with Crippen LogP contribution < -0.4 is 10.6 Å². The van der Waals surface area contributed by atoms with E-state index in [0.29, 0.717) is 16.5 Å². The van der Waals surface area contributed by atoms with Gasteiger partial charge in [-0.25, -0.2) is 9.78 Å². The molecule has 0 saturated carbocycles. The second-order valence-corrected chi connectivity index (χ2v) is 4.40. The molecule has 0 fully saturated rings. The summed E-state index contributed by atoms with van der Waals surface area (Å²) in [6.45, 7) is 3.82. The predicted molar refractivity (Wildman–Crippen MR) is 74.6 cm³/mol. The zero-order valence-corrected chi connectivity index (χ0v) is 11.4. The zero-order chi connectivity index (χ0) is 13.8. The van der Waals surface area contributed by atoms with E-state index in [9.17, 15) is 4.79 Å². The Hall–Kier alpha value is -2.08. The molecule has 0 unspecified atom stereocenters. The molecule has 0 aromatic carbocycles. The highest BCUT2D eigenvalue weighted by Gasteiger charge is 2.09. The van der Waals surface area contributed by atoms with Crippen LogP contribution in [0.15, 0.2) is 18.5 Å². The number of nitrogens with zero attached hydrogens (tertiary/aromatic N) is 2. The number of carbonyl (C=O) groups is 1. The van der Waals surface area contributed by atoms with Gasteiger partial charge in [0.05, 0.1) is 17.6 Å². The van der Waals surface area contributed by atoms with Crippen LogP contribution in [0.4, 0.5) is 16.2 Å². The highest BCUT2D eigenvalue weighted by atomic mass is 35.5. The molecule has 2 aromatic rings. The van der Waals surface area contributed by atoms with E-state index in [2.05, 4.69) is 25.8 Å². The lowest BCUT2D eigenvalue weighted by Gasteiger charge is -2.09.